The van der Waals surface area contributed by atoms with Crippen molar-refractivity contribution in [2.75, 3.05) is 19.6 Å². The van der Waals surface area contributed by atoms with Gasteiger partial charge in [0.05, 0.1) is 17.0 Å². The van der Waals surface area contributed by atoms with E-state index in [0.717, 1.165) is 28.6 Å². The minimum Gasteiger partial charge on any atom is -0.406 e. The third kappa shape index (κ3) is 8.05. The minimum absolute atomic E-state index is 0.0741. The zero-order chi connectivity index (χ0) is 32.1. The molecule has 1 N–H and O–H groups in total. The first-order valence-electron chi connectivity index (χ1n) is 13.3. The van der Waals surface area contributed by atoms with Crippen molar-refractivity contribution < 1.29 is 44.7 Å². The molecule has 0 aliphatic carbocycles. The number of hydrogen-bond acceptors (Lipinski definition) is 7. The molecule has 1 aliphatic heterocycles. The van der Waals surface area contributed by atoms with E-state index in [0.29, 0.717) is 11.3 Å². The van der Waals surface area contributed by atoms with E-state index in [9.17, 15) is 40.0 Å². The number of carbonyl (C=O) groups excluding carboxylic acids is 2. The van der Waals surface area contributed by atoms with Crippen LogP contribution in [0.4, 0.5) is 22.0 Å². The Morgan fingerprint density at radius 3 is 2.27 bits per heavy atom. The van der Waals surface area contributed by atoms with Crippen LogP contribution >= 0.6 is 0 Å². The van der Waals surface area contributed by atoms with Crippen molar-refractivity contribution in [1.29, 1.82) is 0 Å². The fourth-order valence-electron chi connectivity index (χ4n) is 4.51. The maximum absolute atomic E-state index is 14.0. The van der Waals surface area contributed by atoms with Gasteiger partial charge in [0, 0.05) is 44.4 Å². The molecule has 10 nitrogen and oxygen atoms in total. The summed E-state index contributed by atoms with van der Waals surface area (Å²) >= 11 is 0. The van der Waals surface area contributed by atoms with Crippen LogP contribution in [0.2, 0.25) is 0 Å². The molecule has 2 amide bonds. The molecule has 1 aromatic heterocycles. The van der Waals surface area contributed by atoms with Crippen LogP contribution in [-0.4, -0.2) is 71.4 Å². The zero-order valence-electron chi connectivity index (χ0n) is 23.3. The van der Waals surface area contributed by atoms with E-state index in [4.69, 9.17) is 0 Å². The Labute approximate surface area is 249 Å². The normalized spacial score (nSPS) is 16.4. The van der Waals surface area contributed by atoms with Crippen LogP contribution < -0.4 is 10.1 Å². The molecule has 16 heteroatoms. The molecule has 2 heterocycles. The Balaban J connectivity index is 1.54. The Bertz CT molecular complexity index is 1560. The second-order valence-electron chi connectivity index (χ2n) is 9.84. The predicted octanol–water partition coefficient (Wildman–Crippen LogP) is 3.64. The Morgan fingerprint density at radius 2 is 1.68 bits per heavy atom. The number of sulfonamides is 1. The number of halogens is 5. The number of piperazine rings is 1. The van der Waals surface area contributed by atoms with Crippen LogP contribution in [0.25, 0.3) is 0 Å². The van der Waals surface area contributed by atoms with Crippen LogP contribution in [0.15, 0.2) is 72.0 Å². The number of amides is 2. The number of benzene rings is 2. The van der Waals surface area contributed by atoms with Crippen LogP contribution in [0.3, 0.4) is 0 Å². The summed E-state index contributed by atoms with van der Waals surface area (Å²) in [5.74, 6) is -4.83. The molecule has 0 radical (unpaired) electrons. The summed E-state index contributed by atoms with van der Waals surface area (Å²) in [7, 11) is -4.44. The fourth-order valence-corrected chi connectivity index (χ4v) is 6.08. The Hall–Kier alpha value is -4.18. The van der Waals surface area contributed by atoms with Gasteiger partial charge >= 0.3 is 6.36 Å². The molecule has 4 rings (SSSR count). The van der Waals surface area contributed by atoms with Crippen molar-refractivity contribution in [3.8, 4) is 5.75 Å². The third-order valence-electron chi connectivity index (χ3n) is 6.91. The molecule has 0 bridgehead atoms. The highest BCUT2D eigenvalue weighted by atomic mass is 32.2. The van der Waals surface area contributed by atoms with E-state index in [1.165, 1.54) is 54.7 Å². The van der Waals surface area contributed by atoms with Crippen LogP contribution in [0.1, 0.15) is 30.2 Å². The minimum atomic E-state index is -4.98. The van der Waals surface area contributed by atoms with E-state index < -0.39 is 50.8 Å². The number of nitrogens with zero attached hydrogens (tertiary/aromatic N) is 4. The first-order chi connectivity index (χ1) is 20.7. The van der Waals surface area contributed by atoms with Gasteiger partial charge in [-0.25, -0.2) is 27.2 Å². The number of hydrogen-bond donors (Lipinski definition) is 1. The molecule has 3 aromatic rings. The standard InChI is InChI=1S/C28H28F5N5O5S/c1-2-27(29,30)20-5-3-19(4-6-20)16-35-26(40)24-17-37(25(39)15-21-11-12-34-18-36-21)13-14-38(24)44(41,42)23-9-7-22(8-10-23)43-28(31,32)33/h3-12,18,24H,2,13-17H2,1H3,(H,35,40)/t24-/m1/s1. The number of nitrogens with one attached hydrogen (secondary N) is 1. The summed E-state index contributed by atoms with van der Waals surface area (Å²) < 4.78 is 97.5. The Morgan fingerprint density at radius 1 is 1.00 bits per heavy atom. The van der Waals surface area contributed by atoms with Gasteiger partial charge in [-0.15, -0.1) is 13.2 Å². The SMILES string of the molecule is CCC(F)(F)c1ccc(CNC(=O)[C@H]2CN(C(=O)Cc3ccncn3)CCN2S(=O)(=O)c2ccc(OC(F)(F)F)cc2)cc1. The summed E-state index contributed by atoms with van der Waals surface area (Å²) in [5.41, 5.74) is 0.694. The molecule has 2 aromatic carbocycles. The Kier molecular flexibility index (Phi) is 9.83. The van der Waals surface area contributed by atoms with Gasteiger partial charge in [-0.1, -0.05) is 31.2 Å². The maximum Gasteiger partial charge on any atom is 0.573 e. The number of alkyl halides is 5. The van der Waals surface area contributed by atoms with E-state index in [1.54, 1.807) is 0 Å². The molecular weight excluding hydrogens is 613 g/mol. The second kappa shape index (κ2) is 13.2. The van der Waals surface area contributed by atoms with Crippen molar-refractivity contribution in [3.63, 3.8) is 0 Å². The summed E-state index contributed by atoms with van der Waals surface area (Å²) in [6.07, 6.45) is -2.77. The lowest BCUT2D eigenvalue weighted by Gasteiger charge is -2.39. The number of rotatable bonds is 10. The van der Waals surface area contributed by atoms with Crippen LogP contribution in [0, 0.1) is 0 Å². The largest absolute Gasteiger partial charge is 0.573 e. The van der Waals surface area contributed by atoms with Gasteiger partial charge in [0.25, 0.3) is 5.92 Å². The second-order valence-corrected chi connectivity index (χ2v) is 11.7. The highest BCUT2D eigenvalue weighted by Gasteiger charge is 2.41. The van der Waals surface area contributed by atoms with Gasteiger partial charge < -0.3 is 15.0 Å². The fraction of sp³-hybridized carbons (Fsp3) is 0.357. The molecule has 0 unspecified atom stereocenters. The van der Waals surface area contributed by atoms with Crippen LogP contribution in [-0.2, 0) is 38.5 Å². The van der Waals surface area contributed by atoms with Gasteiger partial charge in [-0.05, 0) is 35.9 Å². The zero-order valence-corrected chi connectivity index (χ0v) is 24.1. The summed E-state index contributed by atoms with van der Waals surface area (Å²) in [5, 5.41) is 2.60. The molecule has 1 atom stereocenters. The van der Waals surface area contributed by atoms with E-state index in [2.05, 4.69) is 20.0 Å². The molecule has 1 aliphatic rings. The van der Waals surface area contributed by atoms with Gasteiger partial charge in [0.15, 0.2) is 0 Å². The monoisotopic (exact) mass is 641 g/mol. The molecular formula is C28H28F5N5O5S. The molecule has 1 saturated heterocycles. The van der Waals surface area contributed by atoms with Crippen molar-refractivity contribution >= 4 is 21.8 Å². The number of carbonyl (C=O) groups is 2. The topological polar surface area (TPSA) is 122 Å². The van der Waals surface area contributed by atoms with Crippen molar-refractivity contribution in [1.82, 2.24) is 24.5 Å². The maximum atomic E-state index is 14.0. The predicted molar refractivity (Wildman–Crippen MR) is 146 cm³/mol. The molecule has 0 saturated carbocycles. The quantitative estimate of drug-likeness (QED) is 0.336. The molecule has 1 fully saturated rings. The van der Waals surface area contributed by atoms with E-state index in [1.807, 2.05) is 0 Å². The van der Waals surface area contributed by atoms with Gasteiger partial charge in [0.1, 0.15) is 18.1 Å². The first kappa shape index (κ1) is 32.7. The van der Waals surface area contributed by atoms with Crippen molar-refractivity contribution in [2.45, 2.75) is 49.5 Å². The van der Waals surface area contributed by atoms with Gasteiger partial charge in [-0.3, -0.25) is 9.59 Å². The smallest absolute Gasteiger partial charge is 0.406 e. The van der Waals surface area contributed by atoms with Gasteiger partial charge in [0.2, 0.25) is 21.8 Å². The third-order valence-corrected chi connectivity index (χ3v) is 8.84. The summed E-state index contributed by atoms with van der Waals surface area (Å²) in [6, 6.07) is 8.94. The van der Waals surface area contributed by atoms with Crippen LogP contribution in [0.5, 0.6) is 5.75 Å². The van der Waals surface area contributed by atoms with Crippen molar-refractivity contribution in [2.24, 2.45) is 0 Å². The average molecular weight is 642 g/mol. The van der Waals surface area contributed by atoms with Crippen molar-refractivity contribution in [3.05, 3.63) is 83.9 Å². The van der Waals surface area contributed by atoms with E-state index >= 15 is 0 Å². The highest BCUT2D eigenvalue weighted by Crippen LogP contribution is 2.31. The van der Waals surface area contributed by atoms with Gasteiger partial charge in [-0.2, -0.15) is 4.31 Å². The lowest BCUT2D eigenvalue weighted by atomic mass is 10.0. The average Bonchev–Trinajstić information content (AvgIpc) is 2.99. The summed E-state index contributed by atoms with van der Waals surface area (Å²) in [4.78, 5) is 35.2. The molecule has 44 heavy (non-hydrogen) atoms. The summed E-state index contributed by atoms with van der Waals surface area (Å²) in [6.45, 7) is 0.530. The molecule has 0 spiro atoms. The lowest BCUT2D eigenvalue weighted by molar-refractivity contribution is -0.274. The first-order valence-corrected chi connectivity index (χ1v) is 14.8. The number of ether oxygens (including phenoxy) is 1. The highest BCUT2D eigenvalue weighted by molar-refractivity contribution is 7.89. The van der Waals surface area contributed by atoms with E-state index in [-0.39, 0.29) is 44.6 Å². The number of aromatic nitrogens is 2. The molecule has 236 valence electrons. The lowest BCUT2D eigenvalue weighted by Crippen LogP contribution is -2.61.